The summed E-state index contributed by atoms with van der Waals surface area (Å²) in [6.45, 7) is 5.66. The van der Waals surface area contributed by atoms with Gasteiger partial charge in [0, 0.05) is 12.5 Å². The molecular formula is C10H16O4. The van der Waals surface area contributed by atoms with Crippen LogP contribution < -0.4 is 0 Å². The van der Waals surface area contributed by atoms with Crippen LogP contribution in [0.5, 0.6) is 0 Å². The van der Waals surface area contributed by atoms with Gasteiger partial charge in [0.05, 0.1) is 13.2 Å². The van der Waals surface area contributed by atoms with Gasteiger partial charge in [0.2, 0.25) is 0 Å². The molecule has 0 spiro atoms. The minimum absolute atomic E-state index is 0.234. The fourth-order valence-corrected chi connectivity index (χ4v) is 2.02. The van der Waals surface area contributed by atoms with Crippen LogP contribution in [0.3, 0.4) is 0 Å². The number of ether oxygens (including phenoxy) is 3. The summed E-state index contributed by atoms with van der Waals surface area (Å²) in [7, 11) is 0. The topological polar surface area (TPSA) is 48.1 Å². The van der Waals surface area contributed by atoms with Gasteiger partial charge in [0.25, 0.3) is 0 Å². The summed E-state index contributed by atoms with van der Waals surface area (Å²) in [5.74, 6) is 0.110. The summed E-state index contributed by atoms with van der Waals surface area (Å²) < 4.78 is 15.6. The normalized spacial score (nSPS) is 41.0. The smallest absolute Gasteiger partial charge is 0.338 e. The standard InChI is InChI=1S/C10H16O4/c1-3-13-9(11)8-10(2,14-8)7-4-5-12-6-7/h7-8H,3-6H2,1-2H3. The summed E-state index contributed by atoms with van der Waals surface area (Å²) >= 11 is 0. The molecule has 3 atom stereocenters. The summed E-state index contributed by atoms with van der Waals surface area (Å²) in [5, 5.41) is 0. The number of esters is 1. The molecule has 2 aliphatic heterocycles. The van der Waals surface area contributed by atoms with Crippen LogP contribution in [-0.4, -0.2) is 37.5 Å². The first-order chi connectivity index (χ1) is 6.68. The second kappa shape index (κ2) is 3.51. The number of carbonyl (C=O) groups excluding carboxylic acids is 1. The molecule has 0 aromatic rings. The molecule has 2 fully saturated rings. The lowest BCUT2D eigenvalue weighted by molar-refractivity contribution is -0.144. The van der Waals surface area contributed by atoms with Gasteiger partial charge in [0.1, 0.15) is 5.60 Å². The van der Waals surface area contributed by atoms with E-state index in [0.29, 0.717) is 19.1 Å². The Balaban J connectivity index is 1.91. The van der Waals surface area contributed by atoms with Gasteiger partial charge in [-0.1, -0.05) is 0 Å². The zero-order chi connectivity index (χ0) is 10.2. The molecule has 0 amide bonds. The molecule has 2 aliphatic rings. The molecule has 0 aromatic carbocycles. The lowest BCUT2D eigenvalue weighted by Gasteiger charge is -2.12. The Kier molecular flexibility index (Phi) is 2.49. The fourth-order valence-electron chi connectivity index (χ4n) is 2.02. The van der Waals surface area contributed by atoms with Crippen molar-refractivity contribution in [1.82, 2.24) is 0 Å². The first kappa shape index (κ1) is 9.93. The van der Waals surface area contributed by atoms with E-state index >= 15 is 0 Å². The van der Waals surface area contributed by atoms with E-state index in [9.17, 15) is 4.79 Å². The molecule has 2 heterocycles. The van der Waals surface area contributed by atoms with Gasteiger partial charge < -0.3 is 14.2 Å². The van der Waals surface area contributed by atoms with Crippen molar-refractivity contribution in [2.75, 3.05) is 19.8 Å². The maximum Gasteiger partial charge on any atom is 0.338 e. The Hall–Kier alpha value is -0.610. The Bertz CT molecular complexity index is 234. The Morgan fingerprint density at radius 3 is 3.00 bits per heavy atom. The molecule has 14 heavy (non-hydrogen) atoms. The van der Waals surface area contributed by atoms with Crippen LogP contribution in [0.1, 0.15) is 20.3 Å². The van der Waals surface area contributed by atoms with Crippen LogP contribution in [0.25, 0.3) is 0 Å². The van der Waals surface area contributed by atoms with Crippen molar-refractivity contribution >= 4 is 5.97 Å². The first-order valence-corrected chi connectivity index (χ1v) is 5.10. The lowest BCUT2D eigenvalue weighted by Crippen LogP contribution is -2.28. The Morgan fingerprint density at radius 1 is 1.64 bits per heavy atom. The van der Waals surface area contributed by atoms with Crippen molar-refractivity contribution in [3.8, 4) is 0 Å². The molecule has 4 heteroatoms. The fraction of sp³-hybridized carbons (Fsp3) is 0.900. The Labute approximate surface area is 83.5 Å². The highest BCUT2D eigenvalue weighted by molar-refractivity contribution is 5.79. The van der Waals surface area contributed by atoms with E-state index in [1.807, 2.05) is 6.92 Å². The van der Waals surface area contributed by atoms with E-state index in [4.69, 9.17) is 14.2 Å². The third kappa shape index (κ3) is 1.53. The second-order valence-corrected chi connectivity index (χ2v) is 3.99. The molecule has 4 nitrogen and oxygen atoms in total. The van der Waals surface area contributed by atoms with Crippen molar-refractivity contribution in [2.45, 2.75) is 32.0 Å². The monoisotopic (exact) mass is 200 g/mol. The van der Waals surface area contributed by atoms with Crippen molar-refractivity contribution in [3.05, 3.63) is 0 Å². The third-order valence-corrected chi connectivity index (χ3v) is 3.08. The molecule has 2 rings (SSSR count). The third-order valence-electron chi connectivity index (χ3n) is 3.08. The largest absolute Gasteiger partial charge is 0.464 e. The van der Waals surface area contributed by atoms with Crippen LogP contribution in [-0.2, 0) is 19.0 Å². The minimum Gasteiger partial charge on any atom is -0.464 e. The van der Waals surface area contributed by atoms with Crippen LogP contribution in [0.2, 0.25) is 0 Å². The average Bonchev–Trinajstić information content (AvgIpc) is 2.67. The summed E-state index contributed by atoms with van der Waals surface area (Å²) in [4.78, 5) is 11.4. The summed E-state index contributed by atoms with van der Waals surface area (Å²) in [5.41, 5.74) is -0.331. The number of hydrogen-bond donors (Lipinski definition) is 0. The number of rotatable bonds is 3. The van der Waals surface area contributed by atoms with Crippen molar-refractivity contribution < 1.29 is 19.0 Å². The van der Waals surface area contributed by atoms with E-state index < -0.39 is 0 Å². The van der Waals surface area contributed by atoms with Crippen LogP contribution >= 0.6 is 0 Å². The van der Waals surface area contributed by atoms with E-state index in [1.165, 1.54) is 0 Å². The molecule has 0 radical (unpaired) electrons. The van der Waals surface area contributed by atoms with E-state index in [0.717, 1.165) is 13.0 Å². The molecule has 0 saturated carbocycles. The van der Waals surface area contributed by atoms with Crippen LogP contribution in [0.4, 0.5) is 0 Å². The first-order valence-electron chi connectivity index (χ1n) is 5.10. The number of epoxide rings is 1. The molecule has 80 valence electrons. The SMILES string of the molecule is CCOC(=O)C1OC1(C)C1CCOC1. The highest BCUT2D eigenvalue weighted by atomic mass is 16.7. The molecule has 0 aromatic heterocycles. The van der Waals surface area contributed by atoms with Gasteiger partial charge in [-0.3, -0.25) is 0 Å². The van der Waals surface area contributed by atoms with Gasteiger partial charge in [-0.15, -0.1) is 0 Å². The highest BCUT2D eigenvalue weighted by Crippen LogP contribution is 2.46. The average molecular weight is 200 g/mol. The van der Waals surface area contributed by atoms with Crippen LogP contribution in [0.15, 0.2) is 0 Å². The molecular weight excluding hydrogens is 184 g/mol. The van der Waals surface area contributed by atoms with Gasteiger partial charge in [-0.05, 0) is 20.3 Å². The van der Waals surface area contributed by atoms with Gasteiger partial charge >= 0.3 is 5.97 Å². The molecule has 0 aliphatic carbocycles. The zero-order valence-corrected chi connectivity index (χ0v) is 8.62. The van der Waals surface area contributed by atoms with Crippen molar-refractivity contribution in [1.29, 1.82) is 0 Å². The predicted molar refractivity (Wildman–Crippen MR) is 48.8 cm³/mol. The predicted octanol–water partition coefficient (Wildman–Crippen LogP) is 0.743. The van der Waals surface area contributed by atoms with E-state index in [2.05, 4.69) is 0 Å². The summed E-state index contributed by atoms with van der Waals surface area (Å²) in [6.07, 6.45) is 0.612. The second-order valence-electron chi connectivity index (χ2n) is 3.99. The molecule has 2 saturated heterocycles. The Morgan fingerprint density at radius 2 is 2.43 bits per heavy atom. The van der Waals surface area contributed by atoms with E-state index in [1.54, 1.807) is 6.92 Å². The van der Waals surface area contributed by atoms with Gasteiger partial charge in [0.15, 0.2) is 6.10 Å². The molecule has 0 N–H and O–H groups in total. The van der Waals surface area contributed by atoms with Gasteiger partial charge in [-0.25, -0.2) is 4.79 Å². The maximum absolute atomic E-state index is 11.4. The van der Waals surface area contributed by atoms with E-state index in [-0.39, 0.29) is 17.7 Å². The van der Waals surface area contributed by atoms with Crippen LogP contribution in [0, 0.1) is 5.92 Å². The number of hydrogen-bond acceptors (Lipinski definition) is 4. The quantitative estimate of drug-likeness (QED) is 0.498. The van der Waals surface area contributed by atoms with Crippen molar-refractivity contribution in [2.24, 2.45) is 5.92 Å². The molecule has 3 unspecified atom stereocenters. The summed E-state index contributed by atoms with van der Waals surface area (Å²) in [6, 6.07) is 0. The van der Waals surface area contributed by atoms with Gasteiger partial charge in [-0.2, -0.15) is 0 Å². The minimum atomic E-state index is -0.367. The van der Waals surface area contributed by atoms with Crippen molar-refractivity contribution in [3.63, 3.8) is 0 Å². The zero-order valence-electron chi connectivity index (χ0n) is 8.62. The highest BCUT2D eigenvalue weighted by Gasteiger charge is 2.62. The lowest BCUT2D eigenvalue weighted by atomic mass is 9.90. The number of carbonyl (C=O) groups is 1. The molecule has 0 bridgehead atoms. The maximum atomic E-state index is 11.4.